The van der Waals surface area contributed by atoms with Crippen LogP contribution in [0.5, 0.6) is 0 Å². The highest BCUT2D eigenvalue weighted by Crippen LogP contribution is 2.20. The molecular formula is C24H32N3O+. The third-order valence-electron chi connectivity index (χ3n) is 5.65. The molecule has 0 amide bonds. The summed E-state index contributed by atoms with van der Waals surface area (Å²) in [5.41, 5.74) is 5.38. The molecule has 3 rings (SSSR count). The van der Waals surface area contributed by atoms with Crippen molar-refractivity contribution >= 4 is 16.6 Å². The third-order valence-corrected chi connectivity index (χ3v) is 5.65. The first-order valence-electron chi connectivity index (χ1n) is 10.3. The van der Waals surface area contributed by atoms with Crippen molar-refractivity contribution in [3.63, 3.8) is 0 Å². The van der Waals surface area contributed by atoms with Gasteiger partial charge in [0, 0.05) is 40.9 Å². The number of nitrogens with one attached hydrogen (secondary N) is 2. The molecule has 1 unspecified atom stereocenters. The van der Waals surface area contributed by atoms with E-state index in [0.29, 0.717) is 0 Å². The zero-order valence-corrected chi connectivity index (χ0v) is 17.5. The topological polar surface area (TPSA) is 40.5 Å². The van der Waals surface area contributed by atoms with Crippen LogP contribution in [0.2, 0.25) is 0 Å². The summed E-state index contributed by atoms with van der Waals surface area (Å²) in [4.78, 5) is 20.5. The Hall–Kier alpha value is -2.59. The molecule has 0 aliphatic heterocycles. The molecule has 0 saturated carbocycles. The Morgan fingerprint density at radius 3 is 2.32 bits per heavy atom. The molecule has 3 aromatic rings. The highest BCUT2D eigenvalue weighted by atomic mass is 16.1. The first-order chi connectivity index (χ1) is 13.6. The maximum atomic E-state index is 13.4. The molecule has 148 valence electrons. The molecule has 2 aromatic carbocycles. The van der Waals surface area contributed by atoms with E-state index in [-0.39, 0.29) is 5.43 Å². The van der Waals surface area contributed by atoms with Crippen LogP contribution < -0.4 is 15.2 Å². The summed E-state index contributed by atoms with van der Waals surface area (Å²) >= 11 is 0. The fourth-order valence-electron chi connectivity index (χ4n) is 3.88. The van der Waals surface area contributed by atoms with Crippen molar-refractivity contribution in [2.75, 3.05) is 24.5 Å². The molecular weight excluding hydrogens is 346 g/mol. The number of H-pyrrole nitrogens is 1. The molecule has 0 fully saturated rings. The number of quaternary nitrogens is 1. The van der Waals surface area contributed by atoms with Crippen molar-refractivity contribution in [1.82, 2.24) is 4.98 Å². The average Bonchev–Trinajstić information content (AvgIpc) is 2.72. The van der Waals surface area contributed by atoms with Crippen molar-refractivity contribution in [3.05, 3.63) is 75.6 Å². The number of hydrogen-bond donors (Lipinski definition) is 2. The first kappa shape index (κ1) is 20.2. The SMILES string of the molecule is CCN(CC)c1ccc2[nH]c(C)c(C[NH+](CC)Cc3ccccc3)c(=O)c2c1. The second-order valence-electron chi connectivity index (χ2n) is 7.40. The lowest BCUT2D eigenvalue weighted by molar-refractivity contribution is -0.925. The molecule has 2 N–H and O–H groups in total. The van der Waals surface area contributed by atoms with Crippen molar-refractivity contribution < 1.29 is 4.90 Å². The minimum Gasteiger partial charge on any atom is -0.372 e. The van der Waals surface area contributed by atoms with Crippen LogP contribution in [0.1, 0.15) is 37.6 Å². The van der Waals surface area contributed by atoms with Gasteiger partial charge < -0.3 is 14.8 Å². The van der Waals surface area contributed by atoms with Gasteiger partial charge in [-0.25, -0.2) is 0 Å². The number of aromatic amines is 1. The first-order valence-corrected chi connectivity index (χ1v) is 10.3. The summed E-state index contributed by atoms with van der Waals surface area (Å²) in [5.74, 6) is 0. The average molecular weight is 379 g/mol. The van der Waals surface area contributed by atoms with Crippen molar-refractivity contribution in [3.8, 4) is 0 Å². The van der Waals surface area contributed by atoms with Crippen molar-refractivity contribution in [2.45, 2.75) is 40.8 Å². The number of benzene rings is 2. The number of rotatable bonds is 8. The fraction of sp³-hybridized carbons (Fsp3) is 0.375. The van der Waals surface area contributed by atoms with Gasteiger partial charge in [0.05, 0.1) is 12.1 Å². The van der Waals surface area contributed by atoms with E-state index < -0.39 is 0 Å². The van der Waals surface area contributed by atoms with Crippen LogP contribution in [0.15, 0.2) is 53.3 Å². The maximum absolute atomic E-state index is 13.4. The molecule has 4 nitrogen and oxygen atoms in total. The van der Waals surface area contributed by atoms with Gasteiger partial charge in [0.2, 0.25) is 0 Å². The Kier molecular flexibility index (Phi) is 6.53. The summed E-state index contributed by atoms with van der Waals surface area (Å²) in [6.07, 6.45) is 0. The van der Waals surface area contributed by atoms with Gasteiger partial charge in [0.25, 0.3) is 0 Å². The number of hydrogen-bond acceptors (Lipinski definition) is 2. The van der Waals surface area contributed by atoms with Crippen LogP contribution in [0.4, 0.5) is 5.69 Å². The van der Waals surface area contributed by atoms with Gasteiger partial charge in [-0.1, -0.05) is 30.3 Å². The standard InChI is InChI=1S/C24H31N3O/c1-5-26(16-19-11-9-8-10-12-19)17-22-18(4)25-23-14-13-20(27(6-2)7-3)15-21(23)24(22)28/h8-15H,5-7,16-17H2,1-4H3,(H,25,28)/p+1. The minimum atomic E-state index is 0.166. The monoisotopic (exact) mass is 378 g/mol. The normalized spacial score (nSPS) is 12.3. The van der Waals surface area contributed by atoms with Crippen LogP contribution in [-0.4, -0.2) is 24.6 Å². The molecule has 1 heterocycles. The molecule has 28 heavy (non-hydrogen) atoms. The molecule has 0 bridgehead atoms. The molecule has 0 spiro atoms. The van der Waals surface area contributed by atoms with E-state index in [1.54, 1.807) is 0 Å². The summed E-state index contributed by atoms with van der Waals surface area (Å²) in [6.45, 7) is 13.0. The predicted molar refractivity (Wildman–Crippen MR) is 118 cm³/mol. The second kappa shape index (κ2) is 9.07. The van der Waals surface area contributed by atoms with Gasteiger partial charge in [0.1, 0.15) is 13.1 Å². The van der Waals surface area contributed by atoms with E-state index in [2.05, 4.69) is 61.0 Å². The molecule has 1 atom stereocenters. The smallest absolute Gasteiger partial charge is 0.198 e. The summed E-state index contributed by atoms with van der Waals surface area (Å²) < 4.78 is 0. The Morgan fingerprint density at radius 2 is 1.68 bits per heavy atom. The van der Waals surface area contributed by atoms with Crippen molar-refractivity contribution in [2.24, 2.45) is 0 Å². The van der Waals surface area contributed by atoms with Gasteiger partial charge in [-0.3, -0.25) is 4.79 Å². The lowest BCUT2D eigenvalue weighted by Crippen LogP contribution is -3.09. The zero-order valence-electron chi connectivity index (χ0n) is 17.5. The Bertz CT molecular complexity index is 974. The van der Waals surface area contributed by atoms with Gasteiger partial charge in [-0.05, 0) is 45.9 Å². The number of pyridine rings is 1. The maximum Gasteiger partial charge on any atom is 0.198 e. The van der Waals surface area contributed by atoms with E-state index in [9.17, 15) is 4.79 Å². The molecule has 0 aliphatic carbocycles. The van der Waals surface area contributed by atoms with E-state index in [1.165, 1.54) is 10.5 Å². The molecule has 0 radical (unpaired) electrons. The third kappa shape index (κ3) is 4.28. The quantitative estimate of drug-likeness (QED) is 0.631. The van der Waals surface area contributed by atoms with E-state index in [0.717, 1.165) is 60.6 Å². The van der Waals surface area contributed by atoms with Gasteiger partial charge in [-0.2, -0.15) is 0 Å². The summed E-state index contributed by atoms with van der Waals surface area (Å²) in [5, 5.41) is 0.792. The Balaban J connectivity index is 1.96. The Morgan fingerprint density at radius 1 is 0.964 bits per heavy atom. The van der Waals surface area contributed by atoms with Crippen molar-refractivity contribution in [1.29, 1.82) is 0 Å². The van der Waals surface area contributed by atoms with Gasteiger partial charge >= 0.3 is 0 Å². The summed E-state index contributed by atoms with van der Waals surface area (Å²) in [6, 6.07) is 16.7. The van der Waals surface area contributed by atoms with Gasteiger partial charge in [0.15, 0.2) is 5.43 Å². The Labute approximate surface area is 167 Å². The van der Waals surface area contributed by atoms with E-state index in [4.69, 9.17) is 0 Å². The van der Waals surface area contributed by atoms with E-state index in [1.807, 2.05) is 25.1 Å². The number of aromatic nitrogens is 1. The van der Waals surface area contributed by atoms with Gasteiger partial charge in [-0.15, -0.1) is 0 Å². The number of fused-ring (bicyclic) bond motifs is 1. The number of nitrogens with zero attached hydrogens (tertiary/aromatic N) is 1. The minimum absolute atomic E-state index is 0.166. The highest BCUT2D eigenvalue weighted by molar-refractivity contribution is 5.83. The number of anilines is 1. The van der Waals surface area contributed by atoms with Crippen LogP contribution in [0.25, 0.3) is 10.9 Å². The molecule has 4 heteroatoms. The second-order valence-corrected chi connectivity index (χ2v) is 7.40. The molecule has 0 aliphatic rings. The summed E-state index contributed by atoms with van der Waals surface area (Å²) in [7, 11) is 0. The van der Waals surface area contributed by atoms with Crippen LogP contribution >= 0.6 is 0 Å². The molecule has 1 aromatic heterocycles. The lowest BCUT2D eigenvalue weighted by atomic mass is 10.1. The highest BCUT2D eigenvalue weighted by Gasteiger charge is 2.16. The predicted octanol–water partition coefficient (Wildman–Crippen LogP) is 3.29. The fourth-order valence-corrected chi connectivity index (χ4v) is 3.88. The molecule has 0 saturated heterocycles. The number of aryl methyl sites for hydroxylation is 1. The lowest BCUT2D eigenvalue weighted by Gasteiger charge is -2.22. The van der Waals surface area contributed by atoms with Crippen LogP contribution in [0, 0.1) is 6.92 Å². The largest absolute Gasteiger partial charge is 0.372 e. The van der Waals surface area contributed by atoms with Crippen LogP contribution in [-0.2, 0) is 13.1 Å². The zero-order chi connectivity index (χ0) is 20.1. The van der Waals surface area contributed by atoms with Crippen LogP contribution in [0.3, 0.4) is 0 Å². The van der Waals surface area contributed by atoms with E-state index >= 15 is 0 Å².